The Hall–Kier alpha value is -1.85. The van der Waals surface area contributed by atoms with Gasteiger partial charge in [-0.15, -0.1) is 0 Å². The zero-order valence-corrected chi connectivity index (χ0v) is 8.60. The molecule has 15 heavy (non-hydrogen) atoms. The van der Waals surface area contributed by atoms with Gasteiger partial charge in [0.15, 0.2) is 0 Å². The van der Waals surface area contributed by atoms with Crippen molar-refractivity contribution in [3.8, 4) is 0 Å². The summed E-state index contributed by atoms with van der Waals surface area (Å²) in [5.41, 5.74) is 0. The molecule has 0 radical (unpaired) electrons. The molecule has 1 aliphatic rings. The first-order chi connectivity index (χ1) is 7.09. The lowest BCUT2D eigenvalue weighted by molar-refractivity contribution is -0.136. The van der Waals surface area contributed by atoms with E-state index >= 15 is 0 Å². The first kappa shape index (κ1) is 9.70. The first-order valence-electron chi connectivity index (χ1n) is 4.64. The molecule has 1 saturated heterocycles. The van der Waals surface area contributed by atoms with Crippen LogP contribution in [-0.4, -0.2) is 39.4 Å². The smallest absolute Gasteiger partial charge is 0.252 e. The molecule has 1 fully saturated rings. The Bertz CT molecular complexity index is 412. The summed E-state index contributed by atoms with van der Waals surface area (Å²) in [7, 11) is 3.31. The van der Waals surface area contributed by atoms with Gasteiger partial charge in [0, 0.05) is 26.5 Å². The molecule has 1 unspecified atom stereocenters. The number of imide groups is 1. The van der Waals surface area contributed by atoms with Crippen molar-refractivity contribution in [2.45, 2.75) is 12.5 Å². The molecule has 0 spiro atoms. The molecule has 6 nitrogen and oxygen atoms in total. The molecule has 2 heterocycles. The number of likely N-dealkylation sites (N-methyl/N-ethyl adjacent to an activating group) is 1. The Morgan fingerprint density at radius 2 is 2.20 bits per heavy atom. The van der Waals surface area contributed by atoms with Crippen LogP contribution in [-0.2, 0) is 16.6 Å². The topological polar surface area (TPSA) is 67.2 Å². The highest BCUT2D eigenvalue weighted by Crippen LogP contribution is 2.15. The fraction of sp³-hybridized carbons (Fsp3) is 0.444. The molecule has 2 rings (SSSR count). The van der Waals surface area contributed by atoms with Crippen molar-refractivity contribution in [3.05, 3.63) is 12.4 Å². The molecule has 1 N–H and O–H groups in total. The van der Waals surface area contributed by atoms with E-state index in [1.54, 1.807) is 17.0 Å². The molecule has 1 aromatic rings. The van der Waals surface area contributed by atoms with Crippen LogP contribution in [0, 0.1) is 0 Å². The van der Waals surface area contributed by atoms with Crippen LogP contribution >= 0.6 is 0 Å². The zero-order chi connectivity index (χ0) is 11.0. The average Bonchev–Trinajstić information content (AvgIpc) is 2.69. The minimum absolute atomic E-state index is 0.160. The number of nitrogens with zero attached hydrogens (tertiary/aromatic N) is 3. The molecule has 1 atom stereocenters. The number of likely N-dealkylation sites (tertiary alicyclic amines) is 1. The minimum Gasteiger partial charge on any atom is -0.343 e. The standard InChI is InChI=1S/C9H12N4O2/c1-12-4-3-10-9(12)11-6-5-7(14)13(2)8(6)15/h3-4,6H,5H2,1-2H3,(H,10,11). The van der Waals surface area contributed by atoms with E-state index < -0.39 is 6.04 Å². The van der Waals surface area contributed by atoms with Gasteiger partial charge in [0.2, 0.25) is 11.9 Å². The Kier molecular flexibility index (Phi) is 2.18. The summed E-state index contributed by atoms with van der Waals surface area (Å²) in [6.45, 7) is 0. The van der Waals surface area contributed by atoms with E-state index in [-0.39, 0.29) is 18.2 Å². The Morgan fingerprint density at radius 3 is 2.67 bits per heavy atom. The Labute approximate surface area is 86.9 Å². The molecular formula is C9H12N4O2. The summed E-state index contributed by atoms with van der Waals surface area (Å²) in [5, 5.41) is 2.94. The summed E-state index contributed by atoms with van der Waals surface area (Å²) < 4.78 is 1.76. The Balaban J connectivity index is 2.12. The van der Waals surface area contributed by atoms with Crippen LogP contribution in [0.5, 0.6) is 0 Å². The van der Waals surface area contributed by atoms with Gasteiger partial charge in [0.25, 0.3) is 5.91 Å². The van der Waals surface area contributed by atoms with Crippen molar-refractivity contribution in [1.82, 2.24) is 14.5 Å². The average molecular weight is 208 g/mol. The van der Waals surface area contributed by atoms with Gasteiger partial charge in [-0.1, -0.05) is 0 Å². The van der Waals surface area contributed by atoms with Gasteiger partial charge in [0.1, 0.15) is 6.04 Å². The van der Waals surface area contributed by atoms with Gasteiger partial charge >= 0.3 is 0 Å². The van der Waals surface area contributed by atoms with E-state index in [1.807, 2.05) is 7.05 Å². The van der Waals surface area contributed by atoms with Crippen molar-refractivity contribution in [3.63, 3.8) is 0 Å². The lowest BCUT2D eigenvalue weighted by atomic mass is 10.2. The second-order valence-electron chi connectivity index (χ2n) is 3.55. The van der Waals surface area contributed by atoms with E-state index in [0.717, 1.165) is 4.90 Å². The van der Waals surface area contributed by atoms with E-state index in [2.05, 4.69) is 10.3 Å². The number of nitrogens with one attached hydrogen (secondary N) is 1. The van der Waals surface area contributed by atoms with E-state index in [0.29, 0.717) is 5.95 Å². The van der Waals surface area contributed by atoms with Gasteiger partial charge in [-0.05, 0) is 0 Å². The fourth-order valence-corrected chi connectivity index (χ4v) is 1.53. The molecule has 2 amide bonds. The summed E-state index contributed by atoms with van der Waals surface area (Å²) >= 11 is 0. The van der Waals surface area contributed by atoms with Crippen molar-refractivity contribution in [2.75, 3.05) is 12.4 Å². The monoisotopic (exact) mass is 208 g/mol. The number of anilines is 1. The molecule has 0 saturated carbocycles. The number of imidazole rings is 1. The quantitative estimate of drug-likeness (QED) is 0.671. The number of hydrogen-bond acceptors (Lipinski definition) is 4. The molecule has 1 aliphatic heterocycles. The maximum atomic E-state index is 11.6. The van der Waals surface area contributed by atoms with Crippen LogP contribution in [0.2, 0.25) is 0 Å². The number of aryl methyl sites for hydroxylation is 1. The number of carbonyl (C=O) groups is 2. The highest BCUT2D eigenvalue weighted by Gasteiger charge is 2.36. The predicted molar refractivity (Wildman–Crippen MR) is 53.0 cm³/mol. The number of amides is 2. The lowest BCUT2D eigenvalue weighted by Gasteiger charge is -2.11. The molecule has 0 aromatic carbocycles. The van der Waals surface area contributed by atoms with Crippen LogP contribution in [0.15, 0.2) is 12.4 Å². The van der Waals surface area contributed by atoms with E-state index in [1.165, 1.54) is 7.05 Å². The molecule has 0 bridgehead atoms. The number of aromatic nitrogens is 2. The van der Waals surface area contributed by atoms with Crippen LogP contribution in [0.1, 0.15) is 6.42 Å². The number of hydrogen-bond donors (Lipinski definition) is 1. The number of rotatable bonds is 2. The third kappa shape index (κ3) is 1.58. The van der Waals surface area contributed by atoms with Crippen LogP contribution < -0.4 is 5.32 Å². The fourth-order valence-electron chi connectivity index (χ4n) is 1.53. The van der Waals surface area contributed by atoms with Crippen LogP contribution in [0.4, 0.5) is 5.95 Å². The second kappa shape index (κ2) is 3.38. The lowest BCUT2D eigenvalue weighted by Crippen LogP contribution is -2.32. The maximum absolute atomic E-state index is 11.6. The molecule has 0 aliphatic carbocycles. The largest absolute Gasteiger partial charge is 0.343 e. The molecular weight excluding hydrogens is 196 g/mol. The van der Waals surface area contributed by atoms with Crippen molar-refractivity contribution >= 4 is 17.8 Å². The minimum atomic E-state index is -0.483. The maximum Gasteiger partial charge on any atom is 0.252 e. The van der Waals surface area contributed by atoms with Crippen molar-refractivity contribution in [1.29, 1.82) is 0 Å². The second-order valence-corrected chi connectivity index (χ2v) is 3.55. The zero-order valence-electron chi connectivity index (χ0n) is 8.60. The van der Waals surface area contributed by atoms with Crippen LogP contribution in [0.3, 0.4) is 0 Å². The van der Waals surface area contributed by atoms with Crippen LogP contribution in [0.25, 0.3) is 0 Å². The highest BCUT2D eigenvalue weighted by molar-refractivity contribution is 6.06. The van der Waals surface area contributed by atoms with E-state index in [9.17, 15) is 9.59 Å². The number of carbonyl (C=O) groups excluding carboxylic acids is 2. The summed E-state index contributed by atoms with van der Waals surface area (Å²) in [5.74, 6) is 0.228. The molecule has 1 aromatic heterocycles. The summed E-state index contributed by atoms with van der Waals surface area (Å²) in [4.78, 5) is 28.0. The van der Waals surface area contributed by atoms with Gasteiger partial charge in [-0.3, -0.25) is 14.5 Å². The van der Waals surface area contributed by atoms with E-state index in [4.69, 9.17) is 0 Å². The van der Waals surface area contributed by atoms with Gasteiger partial charge in [-0.2, -0.15) is 0 Å². The molecule has 6 heteroatoms. The normalized spacial score (nSPS) is 21.2. The first-order valence-corrected chi connectivity index (χ1v) is 4.64. The third-order valence-electron chi connectivity index (χ3n) is 2.51. The SMILES string of the molecule is CN1C(=O)CC(Nc2nccn2C)C1=O. The van der Waals surface area contributed by atoms with Crippen molar-refractivity contribution in [2.24, 2.45) is 7.05 Å². The van der Waals surface area contributed by atoms with Gasteiger partial charge < -0.3 is 9.88 Å². The Morgan fingerprint density at radius 1 is 1.47 bits per heavy atom. The molecule has 80 valence electrons. The summed E-state index contributed by atoms with van der Waals surface area (Å²) in [6, 6.07) is -0.483. The van der Waals surface area contributed by atoms with Gasteiger partial charge in [0.05, 0.1) is 6.42 Å². The third-order valence-corrected chi connectivity index (χ3v) is 2.51. The highest BCUT2D eigenvalue weighted by atomic mass is 16.2. The van der Waals surface area contributed by atoms with Crippen molar-refractivity contribution < 1.29 is 9.59 Å². The predicted octanol–water partition coefficient (Wildman–Crippen LogP) is -0.411. The summed E-state index contributed by atoms with van der Waals surface area (Å²) in [6.07, 6.45) is 3.60. The van der Waals surface area contributed by atoms with Gasteiger partial charge in [-0.25, -0.2) is 4.98 Å².